The van der Waals surface area contributed by atoms with Crippen molar-refractivity contribution in [3.8, 4) is 5.75 Å². The summed E-state index contributed by atoms with van der Waals surface area (Å²) < 4.78 is 7.26. The summed E-state index contributed by atoms with van der Waals surface area (Å²) >= 11 is 0. The van der Waals surface area contributed by atoms with E-state index in [1.807, 2.05) is 24.3 Å². The molecule has 0 radical (unpaired) electrons. The Kier molecular flexibility index (Phi) is 6.09. The zero-order valence-corrected chi connectivity index (χ0v) is 17.1. The third-order valence-electron chi connectivity index (χ3n) is 5.43. The van der Waals surface area contributed by atoms with Crippen molar-refractivity contribution in [1.82, 2.24) is 14.5 Å². The van der Waals surface area contributed by atoms with Gasteiger partial charge in [-0.3, -0.25) is 14.5 Å². The van der Waals surface area contributed by atoms with Gasteiger partial charge in [-0.25, -0.2) is 4.98 Å². The molecule has 3 aromatic rings. The zero-order chi connectivity index (χ0) is 20.9. The molecule has 1 amide bonds. The number of aromatic nitrogens is 2. The Hall–Kier alpha value is -3.19. The largest absolute Gasteiger partial charge is 0.492 e. The number of ether oxygens (including phenoxy) is 1. The number of hydrogen-bond acceptors (Lipinski definition) is 5. The second-order valence-electron chi connectivity index (χ2n) is 7.54. The highest BCUT2D eigenvalue weighted by atomic mass is 16.5. The third kappa shape index (κ3) is 4.52. The lowest BCUT2D eigenvalue weighted by molar-refractivity contribution is 0.102. The molecule has 0 aliphatic carbocycles. The van der Waals surface area contributed by atoms with E-state index in [-0.39, 0.29) is 5.69 Å². The molecule has 0 spiro atoms. The van der Waals surface area contributed by atoms with Gasteiger partial charge in [0.05, 0.1) is 11.0 Å². The molecule has 0 bridgehead atoms. The number of carbonyl (C=O) groups is 1. The van der Waals surface area contributed by atoms with Crippen molar-refractivity contribution in [2.24, 2.45) is 7.05 Å². The summed E-state index contributed by atoms with van der Waals surface area (Å²) in [6.07, 6.45) is 3.86. The molecular weight excluding hydrogens is 380 g/mol. The Morgan fingerprint density at radius 3 is 2.57 bits per heavy atom. The van der Waals surface area contributed by atoms with Gasteiger partial charge >= 0.3 is 0 Å². The van der Waals surface area contributed by atoms with E-state index in [4.69, 9.17) is 4.74 Å². The van der Waals surface area contributed by atoms with E-state index < -0.39 is 11.5 Å². The fourth-order valence-electron chi connectivity index (χ4n) is 3.73. The average Bonchev–Trinajstić information content (AvgIpc) is 2.78. The normalized spacial score (nSPS) is 14.6. The van der Waals surface area contributed by atoms with Crippen LogP contribution in [0.4, 0.5) is 5.69 Å². The van der Waals surface area contributed by atoms with Crippen molar-refractivity contribution in [1.29, 1.82) is 0 Å². The molecule has 1 fully saturated rings. The van der Waals surface area contributed by atoms with Gasteiger partial charge in [0.25, 0.3) is 11.5 Å². The predicted molar refractivity (Wildman–Crippen MR) is 117 cm³/mol. The Bertz CT molecular complexity index is 1090. The monoisotopic (exact) mass is 406 g/mol. The first-order valence-electron chi connectivity index (χ1n) is 10.3. The first-order chi connectivity index (χ1) is 14.6. The van der Waals surface area contributed by atoms with E-state index in [0.29, 0.717) is 23.3 Å². The van der Waals surface area contributed by atoms with Crippen LogP contribution >= 0.6 is 0 Å². The Morgan fingerprint density at radius 1 is 1.07 bits per heavy atom. The smallest absolute Gasteiger partial charge is 0.282 e. The summed E-state index contributed by atoms with van der Waals surface area (Å²) in [5.74, 6) is 0.227. The van der Waals surface area contributed by atoms with Crippen molar-refractivity contribution in [3.63, 3.8) is 0 Å². The van der Waals surface area contributed by atoms with E-state index in [2.05, 4.69) is 15.2 Å². The van der Waals surface area contributed by atoms with Crippen LogP contribution in [0.1, 0.15) is 29.8 Å². The van der Waals surface area contributed by atoms with Crippen LogP contribution in [0, 0.1) is 0 Å². The Morgan fingerprint density at radius 2 is 1.80 bits per heavy atom. The molecule has 4 rings (SSSR count). The van der Waals surface area contributed by atoms with Gasteiger partial charge in [0.2, 0.25) is 0 Å². The zero-order valence-electron chi connectivity index (χ0n) is 17.1. The van der Waals surface area contributed by atoms with Crippen molar-refractivity contribution < 1.29 is 9.53 Å². The van der Waals surface area contributed by atoms with Crippen LogP contribution in [0.5, 0.6) is 5.75 Å². The number of carbonyl (C=O) groups excluding carboxylic acids is 1. The van der Waals surface area contributed by atoms with Crippen LogP contribution in [-0.4, -0.2) is 46.6 Å². The number of amides is 1. The number of aryl methyl sites for hydroxylation is 1. The average molecular weight is 406 g/mol. The minimum atomic E-state index is -0.528. The second-order valence-corrected chi connectivity index (χ2v) is 7.54. The van der Waals surface area contributed by atoms with Crippen LogP contribution in [0.3, 0.4) is 0 Å². The van der Waals surface area contributed by atoms with E-state index in [0.717, 1.165) is 25.4 Å². The molecule has 7 nitrogen and oxygen atoms in total. The quantitative estimate of drug-likeness (QED) is 0.681. The highest BCUT2D eigenvalue weighted by Crippen LogP contribution is 2.17. The van der Waals surface area contributed by atoms with E-state index >= 15 is 0 Å². The molecular formula is C23H26N4O3. The van der Waals surface area contributed by atoms with Crippen molar-refractivity contribution >= 4 is 22.6 Å². The van der Waals surface area contributed by atoms with Gasteiger partial charge in [-0.2, -0.15) is 0 Å². The van der Waals surface area contributed by atoms with Gasteiger partial charge in [0.15, 0.2) is 5.69 Å². The molecule has 2 heterocycles. The molecule has 0 saturated carbocycles. The fraction of sp³-hybridized carbons (Fsp3) is 0.348. The molecule has 1 aromatic heterocycles. The van der Waals surface area contributed by atoms with Crippen molar-refractivity contribution in [2.45, 2.75) is 19.3 Å². The summed E-state index contributed by atoms with van der Waals surface area (Å²) in [5.41, 5.74) is 1.31. The van der Waals surface area contributed by atoms with Crippen LogP contribution in [0.2, 0.25) is 0 Å². The van der Waals surface area contributed by atoms with Crippen molar-refractivity contribution in [3.05, 3.63) is 64.6 Å². The number of fused-ring (bicyclic) bond motifs is 1. The highest BCUT2D eigenvalue weighted by Gasteiger charge is 2.16. The summed E-state index contributed by atoms with van der Waals surface area (Å²) in [4.78, 5) is 31.9. The van der Waals surface area contributed by atoms with Crippen LogP contribution < -0.4 is 15.6 Å². The van der Waals surface area contributed by atoms with Gasteiger partial charge in [0.1, 0.15) is 12.4 Å². The van der Waals surface area contributed by atoms with Crippen molar-refractivity contribution in [2.75, 3.05) is 31.6 Å². The number of likely N-dealkylation sites (tertiary alicyclic amines) is 1. The first-order valence-corrected chi connectivity index (χ1v) is 10.3. The molecule has 1 N–H and O–H groups in total. The molecule has 1 aliphatic rings. The fourth-order valence-corrected chi connectivity index (χ4v) is 3.73. The molecule has 156 valence electrons. The minimum Gasteiger partial charge on any atom is -0.492 e. The number of rotatable bonds is 6. The van der Waals surface area contributed by atoms with Gasteiger partial charge in [-0.15, -0.1) is 0 Å². The van der Waals surface area contributed by atoms with E-state index in [1.165, 1.54) is 23.8 Å². The minimum absolute atomic E-state index is 0.127. The Balaban J connectivity index is 1.38. The standard InChI is InChI=1S/C23H26N4O3/c1-26-20-8-4-3-7-19(20)25-21(23(26)29)22(28)24-17-9-11-18(12-10-17)30-16-15-27-13-5-2-6-14-27/h3-4,7-12H,2,5-6,13-16H2,1H3,(H,24,28). The molecule has 1 saturated heterocycles. The first kappa shape index (κ1) is 20.1. The van der Waals surface area contributed by atoms with Gasteiger partial charge in [-0.05, 0) is 62.3 Å². The highest BCUT2D eigenvalue weighted by molar-refractivity contribution is 6.03. The molecule has 1 aliphatic heterocycles. The number of anilines is 1. The SMILES string of the molecule is Cn1c(=O)c(C(=O)Nc2ccc(OCCN3CCCCC3)cc2)nc2ccccc21. The molecule has 2 aromatic carbocycles. The maximum absolute atomic E-state index is 12.6. The number of nitrogens with one attached hydrogen (secondary N) is 1. The maximum atomic E-state index is 12.6. The maximum Gasteiger partial charge on any atom is 0.282 e. The number of para-hydroxylation sites is 2. The summed E-state index contributed by atoms with van der Waals surface area (Å²) in [6, 6.07) is 14.4. The molecule has 30 heavy (non-hydrogen) atoms. The topological polar surface area (TPSA) is 76.5 Å². The van der Waals surface area contributed by atoms with Crippen LogP contribution in [0.25, 0.3) is 11.0 Å². The number of piperidine rings is 1. The van der Waals surface area contributed by atoms with E-state index in [9.17, 15) is 9.59 Å². The number of hydrogen-bond donors (Lipinski definition) is 1. The van der Waals surface area contributed by atoms with Crippen LogP contribution in [0.15, 0.2) is 53.3 Å². The predicted octanol–water partition coefficient (Wildman–Crippen LogP) is 3.05. The summed E-state index contributed by atoms with van der Waals surface area (Å²) in [7, 11) is 1.64. The Labute approximate surface area is 175 Å². The third-order valence-corrected chi connectivity index (χ3v) is 5.43. The van der Waals surface area contributed by atoms with E-state index in [1.54, 1.807) is 31.3 Å². The number of benzene rings is 2. The van der Waals surface area contributed by atoms with Crippen LogP contribution in [-0.2, 0) is 7.05 Å². The van der Waals surface area contributed by atoms with Gasteiger partial charge < -0.3 is 14.6 Å². The second kappa shape index (κ2) is 9.09. The molecule has 7 heteroatoms. The van der Waals surface area contributed by atoms with Gasteiger partial charge in [-0.1, -0.05) is 18.6 Å². The van der Waals surface area contributed by atoms with Gasteiger partial charge in [0, 0.05) is 19.3 Å². The lowest BCUT2D eigenvalue weighted by Crippen LogP contribution is -2.33. The summed E-state index contributed by atoms with van der Waals surface area (Å²) in [6.45, 7) is 3.87. The summed E-state index contributed by atoms with van der Waals surface area (Å²) in [5, 5.41) is 2.75. The number of nitrogens with zero attached hydrogens (tertiary/aromatic N) is 3. The lowest BCUT2D eigenvalue weighted by atomic mass is 10.1. The molecule has 0 atom stereocenters. The molecule has 0 unspecified atom stereocenters. The lowest BCUT2D eigenvalue weighted by Gasteiger charge is -2.26.